The Morgan fingerprint density at radius 3 is 2.79 bits per heavy atom. The summed E-state index contributed by atoms with van der Waals surface area (Å²) in [7, 11) is 0. The van der Waals surface area contributed by atoms with Gasteiger partial charge in [0.15, 0.2) is 0 Å². The van der Waals surface area contributed by atoms with E-state index < -0.39 is 11.9 Å². The fourth-order valence-electron chi connectivity index (χ4n) is 1.64. The third kappa shape index (κ3) is 3.48. The molecule has 1 rings (SSSR count). The van der Waals surface area contributed by atoms with Crippen LogP contribution < -0.4 is 11.5 Å². The van der Waals surface area contributed by atoms with Gasteiger partial charge in [-0.2, -0.15) is 11.8 Å². The van der Waals surface area contributed by atoms with Gasteiger partial charge in [-0.3, -0.25) is 9.69 Å². The molecule has 0 aromatic heterocycles. The van der Waals surface area contributed by atoms with Crippen LogP contribution in [0.4, 0.5) is 0 Å². The molecule has 1 saturated heterocycles. The number of hydrogen-bond acceptors (Lipinski definition) is 4. The maximum Gasteiger partial charge on any atom is 0.235 e. The molecule has 1 unspecified atom stereocenters. The molecule has 0 aromatic carbocycles. The molecule has 0 aromatic rings. The lowest BCUT2D eigenvalue weighted by Crippen LogP contribution is -2.51. The molecule has 0 bridgehead atoms. The lowest BCUT2D eigenvalue weighted by Gasteiger charge is -2.38. The van der Waals surface area contributed by atoms with E-state index in [-0.39, 0.29) is 4.75 Å². The number of carbonyl (C=O) groups excluding carboxylic acids is 1. The van der Waals surface area contributed by atoms with Crippen LogP contribution in [0.1, 0.15) is 13.8 Å². The highest BCUT2D eigenvalue weighted by molar-refractivity contribution is 8.00. The van der Waals surface area contributed by atoms with Crippen LogP contribution in [0.15, 0.2) is 0 Å². The number of nitrogens with two attached hydrogens (primary N) is 2. The van der Waals surface area contributed by atoms with Gasteiger partial charge in [-0.05, 0) is 13.8 Å². The molecule has 1 aliphatic heterocycles. The zero-order chi connectivity index (χ0) is 10.8. The van der Waals surface area contributed by atoms with E-state index in [4.69, 9.17) is 11.5 Å². The molecule has 4 nitrogen and oxygen atoms in total. The molecule has 82 valence electrons. The summed E-state index contributed by atoms with van der Waals surface area (Å²) >= 11 is 1.96. The fraction of sp³-hybridized carbons (Fsp3) is 0.889. The van der Waals surface area contributed by atoms with Crippen molar-refractivity contribution in [2.75, 3.05) is 25.4 Å². The molecule has 1 amide bonds. The molecule has 0 spiro atoms. The summed E-state index contributed by atoms with van der Waals surface area (Å²) < 4.78 is 0.260. The first-order valence-electron chi connectivity index (χ1n) is 4.82. The highest BCUT2D eigenvalue weighted by Crippen LogP contribution is 2.29. The van der Waals surface area contributed by atoms with Crippen LogP contribution in [-0.4, -0.2) is 47.0 Å². The highest BCUT2D eigenvalue weighted by Gasteiger charge is 2.28. The third-order valence-electron chi connectivity index (χ3n) is 2.33. The van der Waals surface area contributed by atoms with Crippen molar-refractivity contribution in [3.63, 3.8) is 0 Å². The summed E-state index contributed by atoms with van der Waals surface area (Å²) in [6.45, 7) is 6.96. The second kappa shape index (κ2) is 4.51. The van der Waals surface area contributed by atoms with Gasteiger partial charge in [0.2, 0.25) is 5.91 Å². The Bertz CT molecular complexity index is 220. The quantitative estimate of drug-likeness (QED) is 0.676. The lowest BCUT2D eigenvalue weighted by molar-refractivity contribution is -0.119. The predicted octanol–water partition coefficient (Wildman–Crippen LogP) is -0.374. The van der Waals surface area contributed by atoms with Crippen LogP contribution in [0.5, 0.6) is 0 Å². The molecular formula is C9H19N3OS. The Hall–Kier alpha value is -0.260. The number of hydrogen-bond donors (Lipinski definition) is 2. The van der Waals surface area contributed by atoms with E-state index >= 15 is 0 Å². The molecule has 14 heavy (non-hydrogen) atoms. The monoisotopic (exact) mass is 217 g/mol. The Morgan fingerprint density at radius 1 is 1.64 bits per heavy atom. The number of rotatable bonds is 3. The smallest absolute Gasteiger partial charge is 0.235 e. The minimum Gasteiger partial charge on any atom is -0.368 e. The van der Waals surface area contributed by atoms with Gasteiger partial charge >= 0.3 is 0 Å². The topological polar surface area (TPSA) is 72.3 Å². The van der Waals surface area contributed by atoms with E-state index in [1.54, 1.807) is 0 Å². The number of thioether (sulfide) groups is 1. The molecule has 1 fully saturated rings. The Balaban J connectivity index is 2.42. The van der Waals surface area contributed by atoms with E-state index in [0.29, 0.717) is 6.54 Å². The van der Waals surface area contributed by atoms with Gasteiger partial charge in [0.05, 0.1) is 6.04 Å². The first-order chi connectivity index (χ1) is 6.41. The van der Waals surface area contributed by atoms with Crippen LogP contribution in [0, 0.1) is 0 Å². The molecule has 1 atom stereocenters. The van der Waals surface area contributed by atoms with Crippen molar-refractivity contribution in [1.29, 1.82) is 0 Å². The van der Waals surface area contributed by atoms with Crippen molar-refractivity contribution in [3.05, 3.63) is 0 Å². The van der Waals surface area contributed by atoms with E-state index in [2.05, 4.69) is 18.7 Å². The lowest BCUT2D eigenvalue weighted by atomic mass is 10.1. The van der Waals surface area contributed by atoms with Gasteiger partial charge in [-0.25, -0.2) is 0 Å². The Morgan fingerprint density at radius 2 is 2.29 bits per heavy atom. The van der Waals surface area contributed by atoms with E-state index in [0.717, 1.165) is 18.8 Å². The Kier molecular flexibility index (Phi) is 3.80. The van der Waals surface area contributed by atoms with E-state index in [1.807, 2.05) is 11.8 Å². The Labute approximate surface area is 89.4 Å². The zero-order valence-corrected chi connectivity index (χ0v) is 9.64. The molecule has 1 aliphatic rings. The maximum atomic E-state index is 10.8. The molecule has 4 N–H and O–H groups in total. The minimum atomic E-state index is -0.533. The van der Waals surface area contributed by atoms with Crippen LogP contribution >= 0.6 is 11.8 Å². The number of carbonyl (C=O) groups is 1. The van der Waals surface area contributed by atoms with E-state index in [1.165, 1.54) is 0 Å². The molecule has 0 saturated carbocycles. The molecule has 0 radical (unpaired) electrons. The largest absolute Gasteiger partial charge is 0.368 e. The normalized spacial score (nSPS) is 24.5. The summed E-state index contributed by atoms with van der Waals surface area (Å²) in [4.78, 5) is 13.0. The summed E-state index contributed by atoms with van der Waals surface area (Å²) in [5.74, 6) is 0.680. The molecule has 5 heteroatoms. The first-order valence-corrected chi connectivity index (χ1v) is 5.80. The standard InChI is InChI=1S/C9H19N3OS/c1-9(2)6-12(3-4-14-9)5-7(10)8(11)13/h7H,3-6,10H2,1-2H3,(H2,11,13). The van der Waals surface area contributed by atoms with Crippen LogP contribution in [0.2, 0.25) is 0 Å². The number of primary amides is 1. The SMILES string of the molecule is CC1(C)CN(CC(N)C(N)=O)CCS1. The van der Waals surface area contributed by atoms with Gasteiger partial charge in [0, 0.05) is 30.1 Å². The summed E-state index contributed by atoms with van der Waals surface area (Å²) in [6.07, 6.45) is 0. The second-order valence-corrected chi connectivity index (χ2v) is 6.15. The molecule has 0 aliphatic carbocycles. The third-order valence-corrected chi connectivity index (χ3v) is 3.62. The van der Waals surface area contributed by atoms with Crippen molar-refractivity contribution in [2.24, 2.45) is 11.5 Å². The van der Waals surface area contributed by atoms with E-state index in [9.17, 15) is 4.79 Å². The van der Waals surface area contributed by atoms with Gasteiger partial charge in [0.1, 0.15) is 0 Å². The number of amides is 1. The maximum absolute atomic E-state index is 10.8. The summed E-state index contributed by atoms with van der Waals surface area (Å²) in [5.41, 5.74) is 10.7. The van der Waals surface area contributed by atoms with Crippen molar-refractivity contribution in [3.8, 4) is 0 Å². The van der Waals surface area contributed by atoms with Crippen LogP contribution in [0.25, 0.3) is 0 Å². The zero-order valence-electron chi connectivity index (χ0n) is 8.82. The number of nitrogens with zero attached hydrogens (tertiary/aromatic N) is 1. The van der Waals surface area contributed by atoms with Crippen LogP contribution in [0.3, 0.4) is 0 Å². The summed E-state index contributed by atoms with van der Waals surface area (Å²) in [6, 6.07) is -0.533. The molecule has 1 heterocycles. The predicted molar refractivity (Wildman–Crippen MR) is 60.1 cm³/mol. The van der Waals surface area contributed by atoms with Crippen molar-refractivity contribution >= 4 is 17.7 Å². The van der Waals surface area contributed by atoms with Crippen molar-refractivity contribution < 1.29 is 4.79 Å². The summed E-state index contributed by atoms with van der Waals surface area (Å²) in [5, 5.41) is 0. The van der Waals surface area contributed by atoms with Crippen LogP contribution in [-0.2, 0) is 4.79 Å². The van der Waals surface area contributed by atoms with Gasteiger partial charge < -0.3 is 11.5 Å². The minimum absolute atomic E-state index is 0.260. The van der Waals surface area contributed by atoms with Crippen molar-refractivity contribution in [1.82, 2.24) is 4.90 Å². The van der Waals surface area contributed by atoms with Gasteiger partial charge in [0.25, 0.3) is 0 Å². The second-order valence-electron chi connectivity index (χ2n) is 4.35. The average Bonchev–Trinajstić information content (AvgIpc) is 2.01. The van der Waals surface area contributed by atoms with Gasteiger partial charge in [-0.15, -0.1) is 0 Å². The average molecular weight is 217 g/mol. The van der Waals surface area contributed by atoms with Gasteiger partial charge in [-0.1, -0.05) is 0 Å². The first kappa shape index (κ1) is 11.8. The molecular weight excluding hydrogens is 198 g/mol. The van der Waals surface area contributed by atoms with Crippen molar-refractivity contribution in [2.45, 2.75) is 24.6 Å². The fourth-order valence-corrected chi connectivity index (χ4v) is 2.81. The highest BCUT2D eigenvalue weighted by atomic mass is 32.2.